The number of rotatable bonds is 3. The van der Waals surface area contributed by atoms with Gasteiger partial charge in [-0.3, -0.25) is 10.1 Å². The van der Waals surface area contributed by atoms with Gasteiger partial charge in [0.25, 0.3) is 0 Å². The third-order valence-electron chi connectivity index (χ3n) is 3.54. The molecule has 0 fully saturated rings. The highest BCUT2D eigenvalue weighted by molar-refractivity contribution is 5.66. The van der Waals surface area contributed by atoms with Gasteiger partial charge in [-0.25, -0.2) is 4.98 Å². The second kappa shape index (κ2) is 5.35. The number of aromatic nitrogens is 2. The van der Waals surface area contributed by atoms with E-state index < -0.39 is 4.92 Å². The minimum absolute atomic E-state index is 0.119. The molecule has 2 heterocycles. The van der Waals surface area contributed by atoms with Gasteiger partial charge in [0.05, 0.1) is 4.92 Å². The Morgan fingerprint density at radius 2 is 2.19 bits per heavy atom. The summed E-state index contributed by atoms with van der Waals surface area (Å²) in [5, 5.41) is 13.7. The molecule has 0 bridgehead atoms. The maximum atomic E-state index is 10.9. The minimum Gasteiger partial charge on any atom is -0.367 e. The lowest BCUT2D eigenvalue weighted by molar-refractivity contribution is -0.384. The average molecular weight is 285 g/mol. The van der Waals surface area contributed by atoms with Crippen LogP contribution in [0.15, 0.2) is 30.5 Å². The number of hydrogen-bond acceptors (Lipinski definition) is 6. The summed E-state index contributed by atoms with van der Waals surface area (Å²) in [6, 6.07) is 8.10. The van der Waals surface area contributed by atoms with Gasteiger partial charge in [-0.2, -0.15) is 4.98 Å². The van der Waals surface area contributed by atoms with Crippen molar-refractivity contribution in [2.45, 2.75) is 12.8 Å². The summed E-state index contributed by atoms with van der Waals surface area (Å²) < 4.78 is 0. The minimum atomic E-state index is -0.486. The summed E-state index contributed by atoms with van der Waals surface area (Å²) >= 11 is 0. The molecule has 2 aromatic rings. The molecule has 21 heavy (non-hydrogen) atoms. The summed E-state index contributed by atoms with van der Waals surface area (Å²) in [5.74, 6) is 0.713. The van der Waals surface area contributed by atoms with Gasteiger partial charge in [0.2, 0.25) is 11.8 Å². The van der Waals surface area contributed by atoms with Crippen LogP contribution in [0.2, 0.25) is 0 Å². The lowest BCUT2D eigenvalue weighted by Crippen LogP contribution is -2.26. The van der Waals surface area contributed by atoms with Crippen molar-refractivity contribution in [3.05, 3.63) is 46.1 Å². The van der Waals surface area contributed by atoms with E-state index in [4.69, 9.17) is 0 Å². The van der Waals surface area contributed by atoms with E-state index in [0.29, 0.717) is 5.95 Å². The van der Waals surface area contributed by atoms with Crippen molar-refractivity contribution in [3.63, 3.8) is 0 Å². The summed E-state index contributed by atoms with van der Waals surface area (Å²) in [4.78, 5) is 20.9. The molecule has 0 saturated carbocycles. The first kappa shape index (κ1) is 13.3. The third kappa shape index (κ3) is 2.37. The van der Waals surface area contributed by atoms with Gasteiger partial charge < -0.3 is 10.2 Å². The number of nitro groups is 1. The first-order valence-electron chi connectivity index (χ1n) is 6.75. The van der Waals surface area contributed by atoms with Gasteiger partial charge in [-0.1, -0.05) is 18.2 Å². The number of fused-ring (bicyclic) bond motifs is 1. The molecule has 1 aliphatic rings. The van der Waals surface area contributed by atoms with Crippen LogP contribution in [0.3, 0.4) is 0 Å². The first-order valence-corrected chi connectivity index (χ1v) is 6.75. The highest BCUT2D eigenvalue weighted by atomic mass is 16.6. The molecule has 108 valence electrons. The van der Waals surface area contributed by atoms with Crippen LogP contribution < -0.4 is 10.2 Å². The topological polar surface area (TPSA) is 84.2 Å². The predicted octanol–water partition coefficient (Wildman–Crippen LogP) is 2.51. The SMILES string of the molecule is CNc1nc(N2CCCc3ccccc32)ncc1[N+](=O)[O-]. The predicted molar refractivity (Wildman–Crippen MR) is 80.0 cm³/mol. The molecule has 7 heteroatoms. The molecule has 0 atom stereocenters. The van der Waals surface area contributed by atoms with Crippen molar-refractivity contribution >= 4 is 23.1 Å². The normalized spacial score (nSPS) is 13.7. The summed E-state index contributed by atoms with van der Waals surface area (Å²) in [6.07, 6.45) is 3.29. The first-order chi connectivity index (χ1) is 10.2. The van der Waals surface area contributed by atoms with Gasteiger partial charge in [-0.15, -0.1) is 0 Å². The van der Waals surface area contributed by atoms with Crippen LogP contribution >= 0.6 is 0 Å². The molecule has 1 aromatic carbocycles. The van der Waals surface area contributed by atoms with E-state index in [1.165, 1.54) is 11.8 Å². The van der Waals surface area contributed by atoms with Gasteiger partial charge in [0.1, 0.15) is 6.20 Å². The molecule has 0 spiro atoms. The summed E-state index contributed by atoms with van der Waals surface area (Å²) in [6.45, 7) is 0.804. The van der Waals surface area contributed by atoms with Crippen LogP contribution in [0.4, 0.5) is 23.1 Å². The van der Waals surface area contributed by atoms with Crippen molar-refractivity contribution in [2.75, 3.05) is 23.8 Å². The quantitative estimate of drug-likeness (QED) is 0.689. The Hall–Kier alpha value is -2.70. The van der Waals surface area contributed by atoms with Crippen LogP contribution in [0.1, 0.15) is 12.0 Å². The molecule has 3 rings (SSSR count). The molecule has 0 saturated heterocycles. The number of nitrogens with one attached hydrogen (secondary N) is 1. The molecule has 0 radical (unpaired) electrons. The molecular formula is C14H15N5O2. The zero-order valence-electron chi connectivity index (χ0n) is 11.6. The van der Waals surface area contributed by atoms with Crippen molar-refractivity contribution in [2.24, 2.45) is 0 Å². The van der Waals surface area contributed by atoms with E-state index >= 15 is 0 Å². The zero-order valence-corrected chi connectivity index (χ0v) is 11.6. The van der Waals surface area contributed by atoms with E-state index in [9.17, 15) is 10.1 Å². The van der Waals surface area contributed by atoms with E-state index in [0.717, 1.165) is 25.1 Å². The number of nitrogens with zero attached hydrogens (tertiary/aromatic N) is 4. The Bertz CT molecular complexity index is 689. The second-order valence-electron chi connectivity index (χ2n) is 4.79. The standard InChI is InChI=1S/C14H15N5O2/c1-15-13-12(19(20)21)9-16-14(17-13)18-8-4-6-10-5-2-3-7-11(10)18/h2-3,5,7,9H,4,6,8H2,1H3,(H,15,16,17). The number of para-hydroxylation sites is 1. The number of hydrogen-bond donors (Lipinski definition) is 1. The zero-order chi connectivity index (χ0) is 14.8. The van der Waals surface area contributed by atoms with Crippen molar-refractivity contribution in [3.8, 4) is 0 Å². The Morgan fingerprint density at radius 1 is 1.38 bits per heavy atom. The second-order valence-corrected chi connectivity index (χ2v) is 4.79. The molecule has 1 aliphatic heterocycles. The van der Waals surface area contributed by atoms with Gasteiger partial charge >= 0.3 is 5.69 Å². The summed E-state index contributed by atoms with van der Waals surface area (Å²) in [7, 11) is 1.61. The molecular weight excluding hydrogens is 270 g/mol. The molecule has 1 aromatic heterocycles. The highest BCUT2D eigenvalue weighted by Crippen LogP contribution is 2.33. The van der Waals surface area contributed by atoms with Gasteiger partial charge in [0.15, 0.2) is 0 Å². The Kier molecular flexibility index (Phi) is 3.39. The van der Waals surface area contributed by atoms with Crippen molar-refractivity contribution < 1.29 is 4.92 Å². The fourth-order valence-electron chi connectivity index (χ4n) is 2.56. The van der Waals surface area contributed by atoms with Crippen LogP contribution in [-0.2, 0) is 6.42 Å². The fourth-order valence-corrected chi connectivity index (χ4v) is 2.56. The van der Waals surface area contributed by atoms with Gasteiger partial charge in [0, 0.05) is 19.3 Å². The van der Waals surface area contributed by atoms with Crippen LogP contribution in [-0.4, -0.2) is 28.5 Å². The number of anilines is 3. The Labute approximate surface area is 121 Å². The Balaban J connectivity index is 2.04. The van der Waals surface area contributed by atoms with E-state index in [2.05, 4.69) is 21.4 Å². The van der Waals surface area contributed by atoms with Crippen molar-refractivity contribution in [1.82, 2.24) is 9.97 Å². The number of benzene rings is 1. The van der Waals surface area contributed by atoms with Crippen LogP contribution in [0.5, 0.6) is 0 Å². The van der Waals surface area contributed by atoms with Crippen LogP contribution in [0, 0.1) is 10.1 Å². The van der Waals surface area contributed by atoms with E-state index in [1.54, 1.807) is 7.05 Å². The van der Waals surface area contributed by atoms with E-state index in [-0.39, 0.29) is 11.5 Å². The third-order valence-corrected chi connectivity index (χ3v) is 3.54. The maximum Gasteiger partial charge on any atom is 0.329 e. The fraction of sp³-hybridized carbons (Fsp3) is 0.286. The van der Waals surface area contributed by atoms with Crippen LogP contribution in [0.25, 0.3) is 0 Å². The monoisotopic (exact) mass is 285 g/mol. The number of aryl methyl sites for hydroxylation is 1. The maximum absolute atomic E-state index is 10.9. The molecule has 7 nitrogen and oxygen atoms in total. The smallest absolute Gasteiger partial charge is 0.329 e. The lowest BCUT2D eigenvalue weighted by Gasteiger charge is -2.29. The largest absolute Gasteiger partial charge is 0.367 e. The van der Waals surface area contributed by atoms with Crippen molar-refractivity contribution in [1.29, 1.82) is 0 Å². The van der Waals surface area contributed by atoms with Gasteiger partial charge in [-0.05, 0) is 24.5 Å². The lowest BCUT2D eigenvalue weighted by atomic mass is 10.0. The highest BCUT2D eigenvalue weighted by Gasteiger charge is 2.23. The molecule has 0 amide bonds. The average Bonchev–Trinajstić information content (AvgIpc) is 2.53. The molecule has 0 aliphatic carbocycles. The molecule has 1 N–H and O–H groups in total. The Morgan fingerprint density at radius 3 is 2.95 bits per heavy atom. The summed E-state index contributed by atoms with van der Waals surface area (Å²) in [5.41, 5.74) is 2.20. The molecule has 0 unspecified atom stereocenters. The van der Waals surface area contributed by atoms with E-state index in [1.807, 2.05) is 23.1 Å².